The number of rotatable bonds is 0. The molecule has 0 saturated carbocycles. The molecule has 1 rings (SSSR count). The number of dihydropyridines is 1. The van der Waals surface area contributed by atoms with E-state index < -0.39 is 0 Å². The number of nitrogens with one attached hydrogen (secondary N) is 1. The molecular formula is C7H10ClN. The van der Waals surface area contributed by atoms with E-state index in [1.165, 1.54) is 0 Å². The second-order valence-corrected chi connectivity index (χ2v) is 3.11. The first-order chi connectivity index (χ1) is 4.13. The highest BCUT2D eigenvalue weighted by molar-refractivity contribution is 6.25. The summed E-state index contributed by atoms with van der Waals surface area (Å²) in [5.41, 5.74) is 1.15. The Hall–Kier alpha value is -0.430. The van der Waals surface area contributed by atoms with Gasteiger partial charge in [0.15, 0.2) is 0 Å². The highest BCUT2D eigenvalue weighted by Gasteiger charge is 2.21. The molecule has 0 bridgehead atoms. The van der Waals surface area contributed by atoms with Crippen molar-refractivity contribution in [3.63, 3.8) is 0 Å². The molecule has 50 valence electrons. The summed E-state index contributed by atoms with van der Waals surface area (Å²) in [6.07, 6.45) is 5.79. The molecule has 2 heteroatoms. The molecule has 1 heterocycles. The molecule has 0 spiro atoms. The third-order valence-corrected chi connectivity index (χ3v) is 1.94. The molecule has 1 atom stereocenters. The molecule has 1 N–H and O–H groups in total. The van der Waals surface area contributed by atoms with Gasteiger partial charge in [-0.25, -0.2) is 0 Å². The van der Waals surface area contributed by atoms with Crippen molar-refractivity contribution < 1.29 is 0 Å². The molecule has 1 unspecified atom stereocenters. The minimum atomic E-state index is -0.366. The summed E-state index contributed by atoms with van der Waals surface area (Å²) < 4.78 is 0. The standard InChI is InChI=1S/C7H10ClN/c1-6-4-3-5-9-7(6,2)8/h3-5,9H,1-2H3. The van der Waals surface area contributed by atoms with Gasteiger partial charge in [-0.1, -0.05) is 17.7 Å². The van der Waals surface area contributed by atoms with Crippen LogP contribution in [0.1, 0.15) is 13.8 Å². The van der Waals surface area contributed by atoms with E-state index in [-0.39, 0.29) is 5.00 Å². The fraction of sp³-hybridized carbons (Fsp3) is 0.429. The molecule has 0 aromatic rings. The van der Waals surface area contributed by atoms with Crippen LogP contribution in [0, 0.1) is 0 Å². The van der Waals surface area contributed by atoms with Gasteiger partial charge in [-0.15, -0.1) is 0 Å². The molecule has 1 aliphatic rings. The highest BCUT2D eigenvalue weighted by atomic mass is 35.5. The van der Waals surface area contributed by atoms with Crippen molar-refractivity contribution in [3.05, 3.63) is 23.9 Å². The van der Waals surface area contributed by atoms with Gasteiger partial charge in [-0.3, -0.25) is 0 Å². The maximum absolute atomic E-state index is 5.99. The molecule has 0 aromatic carbocycles. The van der Waals surface area contributed by atoms with E-state index in [0.717, 1.165) is 5.57 Å². The normalized spacial score (nSPS) is 33.4. The zero-order chi connectivity index (χ0) is 6.91. The quantitative estimate of drug-likeness (QED) is 0.404. The van der Waals surface area contributed by atoms with E-state index in [9.17, 15) is 0 Å². The fourth-order valence-corrected chi connectivity index (χ4v) is 0.793. The van der Waals surface area contributed by atoms with E-state index in [0.29, 0.717) is 0 Å². The predicted octanol–water partition coefficient (Wildman–Crippen LogP) is 2.00. The average molecular weight is 144 g/mol. The number of alkyl halides is 1. The van der Waals surface area contributed by atoms with Crippen LogP contribution in [-0.4, -0.2) is 5.00 Å². The largest absolute Gasteiger partial charge is 0.370 e. The second kappa shape index (κ2) is 2.07. The Bertz CT molecular complexity index is 168. The Balaban J connectivity index is 2.83. The van der Waals surface area contributed by atoms with Gasteiger partial charge in [0.2, 0.25) is 0 Å². The topological polar surface area (TPSA) is 12.0 Å². The smallest absolute Gasteiger partial charge is 0.131 e. The molecule has 0 saturated heterocycles. The van der Waals surface area contributed by atoms with Gasteiger partial charge < -0.3 is 5.32 Å². The molecule has 0 aliphatic carbocycles. The van der Waals surface area contributed by atoms with Gasteiger partial charge in [0.25, 0.3) is 0 Å². The minimum absolute atomic E-state index is 0.366. The summed E-state index contributed by atoms with van der Waals surface area (Å²) in [7, 11) is 0. The number of hydrogen-bond donors (Lipinski definition) is 1. The van der Waals surface area contributed by atoms with Crippen LogP contribution in [0.25, 0.3) is 0 Å². The third-order valence-electron chi connectivity index (χ3n) is 1.54. The van der Waals surface area contributed by atoms with Gasteiger partial charge >= 0.3 is 0 Å². The lowest BCUT2D eigenvalue weighted by Gasteiger charge is -2.25. The van der Waals surface area contributed by atoms with E-state index in [1.54, 1.807) is 0 Å². The van der Waals surface area contributed by atoms with E-state index in [2.05, 4.69) is 5.32 Å². The van der Waals surface area contributed by atoms with Crippen LogP contribution in [0.3, 0.4) is 0 Å². The van der Waals surface area contributed by atoms with Crippen LogP contribution in [-0.2, 0) is 0 Å². The summed E-state index contributed by atoms with van der Waals surface area (Å²) in [6.45, 7) is 3.94. The van der Waals surface area contributed by atoms with Crippen molar-refractivity contribution >= 4 is 11.6 Å². The van der Waals surface area contributed by atoms with Crippen molar-refractivity contribution in [2.24, 2.45) is 0 Å². The van der Waals surface area contributed by atoms with E-state index in [1.807, 2.05) is 32.2 Å². The Morgan fingerprint density at radius 3 is 2.67 bits per heavy atom. The molecule has 0 aromatic heterocycles. The first-order valence-electron chi connectivity index (χ1n) is 2.93. The van der Waals surface area contributed by atoms with Crippen molar-refractivity contribution in [2.45, 2.75) is 18.8 Å². The van der Waals surface area contributed by atoms with Crippen LogP contribution >= 0.6 is 11.6 Å². The lowest BCUT2D eigenvalue weighted by atomic mass is 10.1. The van der Waals surface area contributed by atoms with Crippen LogP contribution in [0.15, 0.2) is 23.9 Å². The second-order valence-electron chi connectivity index (χ2n) is 2.36. The van der Waals surface area contributed by atoms with Gasteiger partial charge in [0.05, 0.1) is 0 Å². The molecule has 9 heavy (non-hydrogen) atoms. The van der Waals surface area contributed by atoms with Crippen LogP contribution in [0.5, 0.6) is 0 Å². The van der Waals surface area contributed by atoms with Gasteiger partial charge in [0.1, 0.15) is 5.00 Å². The monoisotopic (exact) mass is 143 g/mol. The first kappa shape index (κ1) is 6.69. The van der Waals surface area contributed by atoms with Crippen LogP contribution < -0.4 is 5.32 Å². The number of halogens is 1. The molecule has 0 amide bonds. The maximum atomic E-state index is 5.99. The van der Waals surface area contributed by atoms with E-state index in [4.69, 9.17) is 11.6 Å². The van der Waals surface area contributed by atoms with Gasteiger partial charge in [0, 0.05) is 0 Å². The summed E-state index contributed by atoms with van der Waals surface area (Å²) in [5, 5.41) is 3.02. The van der Waals surface area contributed by atoms with E-state index >= 15 is 0 Å². The molecule has 0 radical (unpaired) electrons. The van der Waals surface area contributed by atoms with Crippen molar-refractivity contribution in [2.75, 3.05) is 0 Å². The van der Waals surface area contributed by atoms with Crippen molar-refractivity contribution in [1.82, 2.24) is 5.32 Å². The summed E-state index contributed by atoms with van der Waals surface area (Å²) >= 11 is 5.99. The van der Waals surface area contributed by atoms with Gasteiger partial charge in [-0.05, 0) is 31.7 Å². The average Bonchev–Trinajstić information content (AvgIpc) is 1.77. The Kier molecular flexibility index (Phi) is 1.54. The Morgan fingerprint density at radius 1 is 1.67 bits per heavy atom. The predicted molar refractivity (Wildman–Crippen MR) is 40.3 cm³/mol. The fourth-order valence-electron chi connectivity index (χ4n) is 0.667. The van der Waals surface area contributed by atoms with Crippen molar-refractivity contribution in [1.29, 1.82) is 0 Å². The Labute approximate surface area is 60.4 Å². The van der Waals surface area contributed by atoms with Gasteiger partial charge in [-0.2, -0.15) is 0 Å². The lowest BCUT2D eigenvalue weighted by molar-refractivity contribution is 0.645. The first-order valence-corrected chi connectivity index (χ1v) is 3.31. The highest BCUT2D eigenvalue weighted by Crippen LogP contribution is 2.22. The van der Waals surface area contributed by atoms with Crippen molar-refractivity contribution in [3.8, 4) is 0 Å². The molecular weight excluding hydrogens is 134 g/mol. The van der Waals surface area contributed by atoms with Crippen LogP contribution in [0.4, 0.5) is 0 Å². The number of hydrogen-bond acceptors (Lipinski definition) is 1. The lowest BCUT2D eigenvalue weighted by Crippen LogP contribution is -2.35. The Morgan fingerprint density at radius 2 is 2.33 bits per heavy atom. The third kappa shape index (κ3) is 1.28. The zero-order valence-corrected chi connectivity index (χ0v) is 6.37. The molecule has 1 aliphatic heterocycles. The summed E-state index contributed by atoms with van der Waals surface area (Å²) in [4.78, 5) is -0.366. The van der Waals surface area contributed by atoms with Crippen LogP contribution in [0.2, 0.25) is 0 Å². The maximum Gasteiger partial charge on any atom is 0.131 e. The summed E-state index contributed by atoms with van der Waals surface area (Å²) in [5.74, 6) is 0. The SMILES string of the molecule is CC1=CC=CNC1(C)Cl. The zero-order valence-electron chi connectivity index (χ0n) is 5.61. The minimum Gasteiger partial charge on any atom is -0.370 e. The molecule has 1 nitrogen and oxygen atoms in total. The summed E-state index contributed by atoms with van der Waals surface area (Å²) in [6, 6.07) is 0. The molecule has 0 fully saturated rings. The number of allylic oxidation sites excluding steroid dienone is 2.